The van der Waals surface area contributed by atoms with Crippen molar-refractivity contribution in [2.24, 2.45) is 0 Å². The Balaban J connectivity index is 1.49. The molecule has 0 saturated carbocycles. The van der Waals surface area contributed by atoms with E-state index < -0.39 is 0 Å². The van der Waals surface area contributed by atoms with Crippen LogP contribution in [0, 0.1) is 0 Å². The summed E-state index contributed by atoms with van der Waals surface area (Å²) in [5.74, 6) is 1.29. The number of nitrogens with one attached hydrogen (secondary N) is 2. The van der Waals surface area contributed by atoms with Crippen LogP contribution in [0.1, 0.15) is 38.0 Å². The molecule has 0 bridgehead atoms. The van der Waals surface area contributed by atoms with E-state index in [2.05, 4.69) is 32.6 Å². The Morgan fingerprint density at radius 1 is 1.22 bits per heavy atom. The summed E-state index contributed by atoms with van der Waals surface area (Å²) < 4.78 is 10.6. The van der Waals surface area contributed by atoms with Crippen molar-refractivity contribution in [3.8, 4) is 0 Å². The Kier molecular flexibility index (Phi) is 6.78. The molecule has 2 heterocycles. The largest absolute Gasteiger partial charge is 0.379 e. The smallest absolute Gasteiger partial charge is 0.248 e. The number of rotatable bonds is 8. The summed E-state index contributed by atoms with van der Waals surface area (Å²) in [5, 5.41) is 10.2. The molecule has 3 rings (SSSR count). The molecule has 1 aliphatic rings. The molecule has 0 spiro atoms. The molecule has 146 valence electrons. The Morgan fingerprint density at radius 2 is 1.93 bits per heavy atom. The number of hydrogen-bond donors (Lipinski definition) is 2. The van der Waals surface area contributed by atoms with Gasteiger partial charge in [0.15, 0.2) is 5.82 Å². The van der Waals surface area contributed by atoms with Gasteiger partial charge >= 0.3 is 0 Å². The molecule has 0 aliphatic carbocycles. The van der Waals surface area contributed by atoms with Crippen molar-refractivity contribution in [2.45, 2.75) is 32.7 Å². The number of aryl methyl sites for hydroxylation is 1. The highest BCUT2D eigenvalue weighted by molar-refractivity contribution is 5.92. The second-order valence-electron chi connectivity index (χ2n) is 6.68. The average Bonchev–Trinajstić information content (AvgIpc) is 3.13. The van der Waals surface area contributed by atoms with E-state index >= 15 is 0 Å². The molecular formula is C19H27N5O3. The van der Waals surface area contributed by atoms with Crippen molar-refractivity contribution in [1.82, 2.24) is 15.0 Å². The quantitative estimate of drug-likeness (QED) is 0.734. The minimum absolute atomic E-state index is 0.0136. The van der Waals surface area contributed by atoms with Crippen molar-refractivity contribution in [3.05, 3.63) is 36.0 Å². The fourth-order valence-electron chi connectivity index (χ4n) is 2.89. The highest BCUT2D eigenvalue weighted by Gasteiger charge is 2.15. The molecule has 2 N–H and O–H groups in total. The predicted octanol–water partition coefficient (Wildman–Crippen LogP) is 2.47. The Bertz CT molecular complexity index is 725. The summed E-state index contributed by atoms with van der Waals surface area (Å²) in [7, 11) is 0. The lowest BCUT2D eigenvalue weighted by Crippen LogP contribution is -2.41. The molecule has 1 fully saturated rings. The molecule has 1 amide bonds. The predicted molar refractivity (Wildman–Crippen MR) is 103 cm³/mol. The summed E-state index contributed by atoms with van der Waals surface area (Å²) in [6.07, 6.45) is 1.80. The summed E-state index contributed by atoms with van der Waals surface area (Å²) in [4.78, 5) is 18.6. The molecular weight excluding hydrogens is 346 g/mol. The first kappa shape index (κ1) is 19.3. The van der Waals surface area contributed by atoms with Crippen LogP contribution in [-0.4, -0.2) is 53.8 Å². The Labute approximate surface area is 159 Å². The monoisotopic (exact) mass is 373 g/mol. The van der Waals surface area contributed by atoms with Crippen molar-refractivity contribution < 1.29 is 14.1 Å². The van der Waals surface area contributed by atoms with Gasteiger partial charge in [0, 0.05) is 30.9 Å². The van der Waals surface area contributed by atoms with E-state index in [1.54, 1.807) is 0 Å². The third-order valence-corrected chi connectivity index (χ3v) is 4.35. The van der Waals surface area contributed by atoms with Crippen molar-refractivity contribution >= 4 is 17.3 Å². The Hall–Kier alpha value is -2.45. The number of carbonyl (C=O) groups excluding carboxylic acids is 1. The summed E-state index contributed by atoms with van der Waals surface area (Å²) in [6, 6.07) is 7.50. The van der Waals surface area contributed by atoms with E-state index in [4.69, 9.17) is 9.26 Å². The van der Waals surface area contributed by atoms with Gasteiger partial charge in [-0.05, 0) is 37.6 Å². The molecule has 2 aromatic rings. The zero-order valence-corrected chi connectivity index (χ0v) is 15.9. The van der Waals surface area contributed by atoms with Crippen molar-refractivity contribution in [3.63, 3.8) is 0 Å². The Morgan fingerprint density at radius 3 is 2.63 bits per heavy atom. The van der Waals surface area contributed by atoms with E-state index in [9.17, 15) is 4.79 Å². The van der Waals surface area contributed by atoms with Crippen LogP contribution in [0.3, 0.4) is 0 Å². The van der Waals surface area contributed by atoms with Crippen LogP contribution in [-0.2, 0) is 16.0 Å². The minimum Gasteiger partial charge on any atom is -0.379 e. The van der Waals surface area contributed by atoms with Gasteiger partial charge in [-0.1, -0.05) is 12.1 Å². The number of aromatic nitrogens is 2. The van der Waals surface area contributed by atoms with Gasteiger partial charge in [0.1, 0.15) is 6.04 Å². The van der Waals surface area contributed by atoms with Crippen molar-refractivity contribution in [1.29, 1.82) is 0 Å². The molecule has 1 aliphatic heterocycles. The maximum atomic E-state index is 12.1. The average molecular weight is 373 g/mol. The van der Waals surface area contributed by atoms with Crippen LogP contribution < -0.4 is 10.6 Å². The minimum atomic E-state index is -0.0927. The van der Waals surface area contributed by atoms with E-state index in [0.717, 1.165) is 43.1 Å². The van der Waals surface area contributed by atoms with Gasteiger partial charge in [-0.2, -0.15) is 4.98 Å². The van der Waals surface area contributed by atoms with Crippen LogP contribution in [0.5, 0.6) is 0 Å². The number of benzene rings is 1. The van der Waals surface area contributed by atoms with Gasteiger partial charge in [-0.3, -0.25) is 9.69 Å². The van der Waals surface area contributed by atoms with E-state index in [0.29, 0.717) is 25.6 Å². The second kappa shape index (κ2) is 9.48. The molecule has 1 saturated heterocycles. The first-order chi connectivity index (χ1) is 13.1. The lowest BCUT2D eigenvalue weighted by atomic mass is 10.2. The summed E-state index contributed by atoms with van der Waals surface area (Å²) in [5.41, 5.74) is 1.69. The third kappa shape index (κ3) is 5.77. The lowest BCUT2D eigenvalue weighted by molar-refractivity contribution is -0.118. The van der Waals surface area contributed by atoms with Gasteiger partial charge in [0.2, 0.25) is 11.8 Å². The number of ether oxygens (including phenoxy) is 1. The van der Waals surface area contributed by atoms with E-state index in [1.165, 1.54) is 0 Å². The van der Waals surface area contributed by atoms with Gasteiger partial charge in [0.25, 0.3) is 0 Å². The van der Waals surface area contributed by atoms with Crippen LogP contribution in [0.4, 0.5) is 11.4 Å². The summed E-state index contributed by atoms with van der Waals surface area (Å²) in [6.45, 7) is 7.41. The number of hydrogen-bond acceptors (Lipinski definition) is 7. The highest BCUT2D eigenvalue weighted by atomic mass is 16.5. The fourth-order valence-corrected chi connectivity index (χ4v) is 2.89. The zero-order chi connectivity index (χ0) is 19.1. The van der Waals surface area contributed by atoms with Crippen LogP contribution in [0.2, 0.25) is 0 Å². The van der Waals surface area contributed by atoms with E-state index in [1.807, 2.05) is 31.2 Å². The van der Waals surface area contributed by atoms with Crippen molar-refractivity contribution in [2.75, 3.05) is 43.5 Å². The van der Waals surface area contributed by atoms with Gasteiger partial charge in [-0.25, -0.2) is 0 Å². The zero-order valence-electron chi connectivity index (χ0n) is 15.9. The second-order valence-corrected chi connectivity index (χ2v) is 6.68. The number of morpholine rings is 1. The molecule has 1 aromatic heterocycles. The maximum absolute atomic E-state index is 12.1. The number of anilines is 2. The van der Waals surface area contributed by atoms with E-state index in [-0.39, 0.29) is 11.9 Å². The first-order valence-corrected chi connectivity index (χ1v) is 9.43. The van der Waals surface area contributed by atoms with Crippen LogP contribution in [0.15, 0.2) is 28.8 Å². The normalized spacial score (nSPS) is 16.1. The number of nitrogens with zero attached hydrogens (tertiary/aromatic N) is 3. The number of amides is 1. The molecule has 27 heavy (non-hydrogen) atoms. The molecule has 1 aromatic carbocycles. The van der Waals surface area contributed by atoms with Crippen LogP contribution in [0.25, 0.3) is 0 Å². The van der Waals surface area contributed by atoms with Gasteiger partial charge in [-0.15, -0.1) is 0 Å². The fraction of sp³-hybridized carbons (Fsp3) is 0.526. The maximum Gasteiger partial charge on any atom is 0.248 e. The highest BCUT2D eigenvalue weighted by Crippen LogP contribution is 2.20. The summed E-state index contributed by atoms with van der Waals surface area (Å²) >= 11 is 0. The van der Waals surface area contributed by atoms with Gasteiger partial charge < -0.3 is 19.9 Å². The molecule has 1 unspecified atom stereocenters. The molecule has 0 radical (unpaired) electrons. The SMILES string of the molecule is CCCc1noc(C(C)Nc2ccc(NC(=O)CN3CCOCC3)cc2)n1. The topological polar surface area (TPSA) is 92.5 Å². The lowest BCUT2D eigenvalue weighted by Gasteiger charge is -2.25. The molecule has 1 atom stereocenters. The third-order valence-electron chi connectivity index (χ3n) is 4.35. The standard InChI is InChI=1S/C19H27N5O3/c1-3-4-17-22-19(27-23-17)14(2)20-15-5-7-16(8-6-15)21-18(25)13-24-9-11-26-12-10-24/h5-8,14,20H,3-4,9-13H2,1-2H3,(H,21,25). The molecule has 8 heteroatoms. The molecule has 8 nitrogen and oxygen atoms in total. The van der Waals surface area contributed by atoms with Crippen LogP contribution >= 0.6 is 0 Å². The van der Waals surface area contributed by atoms with Gasteiger partial charge in [0.05, 0.1) is 19.8 Å². The number of carbonyl (C=O) groups is 1. The first-order valence-electron chi connectivity index (χ1n) is 9.43.